The Hall–Kier alpha value is 0.250. The second-order valence-corrected chi connectivity index (χ2v) is 3.98. The standard InChI is InChI=1S/C9H18ClN/c1-2-3-4-8-5-6-11-9(10)7-8/h8-9,11H,2-7H2,1H3. The Morgan fingerprint density at radius 1 is 1.55 bits per heavy atom. The van der Waals surface area contributed by atoms with Gasteiger partial charge in [-0.15, -0.1) is 11.6 Å². The molecule has 1 nitrogen and oxygen atoms in total. The summed E-state index contributed by atoms with van der Waals surface area (Å²) < 4.78 is 0. The van der Waals surface area contributed by atoms with Gasteiger partial charge in [-0.1, -0.05) is 26.2 Å². The molecule has 0 amide bonds. The highest BCUT2D eigenvalue weighted by atomic mass is 35.5. The van der Waals surface area contributed by atoms with Crippen molar-refractivity contribution in [1.82, 2.24) is 5.32 Å². The van der Waals surface area contributed by atoms with Crippen LogP contribution >= 0.6 is 11.6 Å². The van der Waals surface area contributed by atoms with Crippen LogP contribution in [0.2, 0.25) is 0 Å². The van der Waals surface area contributed by atoms with Crippen molar-refractivity contribution in [3.8, 4) is 0 Å². The molecular weight excluding hydrogens is 158 g/mol. The number of nitrogens with one attached hydrogen (secondary N) is 1. The number of unbranched alkanes of at least 4 members (excludes halogenated alkanes) is 1. The highest BCUT2D eigenvalue weighted by molar-refractivity contribution is 6.20. The summed E-state index contributed by atoms with van der Waals surface area (Å²) in [7, 11) is 0. The van der Waals surface area contributed by atoms with Gasteiger partial charge in [-0.05, 0) is 25.3 Å². The molecule has 0 radical (unpaired) electrons. The van der Waals surface area contributed by atoms with Gasteiger partial charge in [-0.25, -0.2) is 0 Å². The molecule has 1 fully saturated rings. The van der Waals surface area contributed by atoms with E-state index in [-0.39, 0.29) is 5.50 Å². The van der Waals surface area contributed by atoms with E-state index in [2.05, 4.69) is 12.2 Å². The number of piperidine rings is 1. The van der Waals surface area contributed by atoms with Crippen molar-refractivity contribution in [3.05, 3.63) is 0 Å². The van der Waals surface area contributed by atoms with Gasteiger partial charge >= 0.3 is 0 Å². The van der Waals surface area contributed by atoms with Crippen LogP contribution < -0.4 is 5.32 Å². The van der Waals surface area contributed by atoms with Crippen LogP contribution in [0, 0.1) is 5.92 Å². The molecule has 2 unspecified atom stereocenters. The lowest BCUT2D eigenvalue weighted by atomic mass is 9.92. The minimum atomic E-state index is 0.241. The number of hydrogen-bond acceptors (Lipinski definition) is 1. The predicted octanol–water partition coefficient (Wildman–Crippen LogP) is 2.74. The molecule has 1 aliphatic rings. The molecule has 11 heavy (non-hydrogen) atoms. The highest BCUT2D eigenvalue weighted by Gasteiger charge is 2.18. The van der Waals surface area contributed by atoms with Gasteiger partial charge in [0.15, 0.2) is 0 Å². The fourth-order valence-electron chi connectivity index (χ4n) is 1.69. The van der Waals surface area contributed by atoms with E-state index in [9.17, 15) is 0 Å². The Morgan fingerprint density at radius 3 is 3.00 bits per heavy atom. The molecule has 1 N–H and O–H groups in total. The number of alkyl halides is 1. The van der Waals surface area contributed by atoms with Crippen LogP contribution in [0.1, 0.15) is 39.0 Å². The summed E-state index contributed by atoms with van der Waals surface area (Å²) in [6, 6.07) is 0. The van der Waals surface area contributed by atoms with E-state index in [1.54, 1.807) is 0 Å². The van der Waals surface area contributed by atoms with Crippen molar-refractivity contribution >= 4 is 11.6 Å². The van der Waals surface area contributed by atoms with Crippen LogP contribution in [0.25, 0.3) is 0 Å². The summed E-state index contributed by atoms with van der Waals surface area (Å²) in [6.07, 6.45) is 6.55. The van der Waals surface area contributed by atoms with Gasteiger partial charge in [0, 0.05) is 0 Å². The summed E-state index contributed by atoms with van der Waals surface area (Å²) in [5.41, 5.74) is 0.241. The predicted molar refractivity (Wildman–Crippen MR) is 49.9 cm³/mol. The Morgan fingerprint density at radius 2 is 2.36 bits per heavy atom. The smallest absolute Gasteiger partial charge is 0.0828 e. The lowest BCUT2D eigenvalue weighted by Gasteiger charge is -2.26. The molecule has 2 atom stereocenters. The Kier molecular flexibility index (Phi) is 4.24. The van der Waals surface area contributed by atoms with Gasteiger partial charge in [-0.3, -0.25) is 0 Å². The average molecular weight is 176 g/mol. The molecule has 1 aliphatic heterocycles. The summed E-state index contributed by atoms with van der Waals surface area (Å²) in [5.74, 6) is 0.888. The molecule has 0 saturated carbocycles. The number of halogens is 1. The van der Waals surface area contributed by atoms with Crippen molar-refractivity contribution in [2.45, 2.75) is 44.5 Å². The van der Waals surface area contributed by atoms with Crippen LogP contribution in [0.5, 0.6) is 0 Å². The minimum absolute atomic E-state index is 0.241. The van der Waals surface area contributed by atoms with Gasteiger partial charge in [0.2, 0.25) is 0 Å². The van der Waals surface area contributed by atoms with Crippen LogP contribution in [-0.2, 0) is 0 Å². The molecule has 2 heteroatoms. The zero-order chi connectivity index (χ0) is 8.10. The number of hydrogen-bond donors (Lipinski definition) is 1. The minimum Gasteiger partial charge on any atom is -0.301 e. The molecular formula is C9H18ClN. The second-order valence-electron chi connectivity index (χ2n) is 3.45. The van der Waals surface area contributed by atoms with Crippen molar-refractivity contribution < 1.29 is 0 Å². The summed E-state index contributed by atoms with van der Waals surface area (Å²) in [6.45, 7) is 3.36. The van der Waals surface area contributed by atoms with Crippen molar-refractivity contribution in [2.24, 2.45) is 5.92 Å². The first-order valence-electron chi connectivity index (χ1n) is 4.70. The lowest BCUT2D eigenvalue weighted by Crippen LogP contribution is -2.34. The fraction of sp³-hybridized carbons (Fsp3) is 1.00. The summed E-state index contributed by atoms with van der Waals surface area (Å²) in [5, 5.41) is 3.25. The van der Waals surface area contributed by atoms with Crippen LogP contribution in [-0.4, -0.2) is 12.0 Å². The molecule has 0 aromatic heterocycles. The first-order valence-corrected chi connectivity index (χ1v) is 5.14. The van der Waals surface area contributed by atoms with E-state index in [4.69, 9.17) is 11.6 Å². The van der Waals surface area contributed by atoms with E-state index in [0.717, 1.165) is 12.5 Å². The van der Waals surface area contributed by atoms with Crippen LogP contribution in [0.15, 0.2) is 0 Å². The lowest BCUT2D eigenvalue weighted by molar-refractivity contribution is 0.327. The van der Waals surface area contributed by atoms with Gasteiger partial charge in [0.1, 0.15) is 0 Å². The molecule has 0 aromatic rings. The molecule has 0 bridgehead atoms. The zero-order valence-electron chi connectivity index (χ0n) is 7.28. The first kappa shape index (κ1) is 9.34. The molecule has 1 saturated heterocycles. The Labute approximate surface area is 74.5 Å². The third kappa shape index (κ3) is 3.44. The first-order chi connectivity index (χ1) is 5.33. The topological polar surface area (TPSA) is 12.0 Å². The molecule has 1 rings (SSSR count). The third-order valence-electron chi connectivity index (χ3n) is 2.42. The van der Waals surface area contributed by atoms with Gasteiger partial charge < -0.3 is 5.32 Å². The van der Waals surface area contributed by atoms with Crippen LogP contribution in [0.4, 0.5) is 0 Å². The maximum absolute atomic E-state index is 5.98. The molecule has 1 heterocycles. The maximum atomic E-state index is 5.98. The molecule has 0 aromatic carbocycles. The van der Waals surface area contributed by atoms with E-state index in [1.165, 1.54) is 32.1 Å². The number of rotatable bonds is 3. The normalized spacial score (nSPS) is 32.2. The second kappa shape index (κ2) is 5.00. The quantitative estimate of drug-likeness (QED) is 0.514. The molecule has 0 aliphatic carbocycles. The van der Waals surface area contributed by atoms with Gasteiger partial charge in [-0.2, -0.15) is 0 Å². The van der Waals surface area contributed by atoms with Gasteiger partial charge in [0.25, 0.3) is 0 Å². The largest absolute Gasteiger partial charge is 0.301 e. The van der Waals surface area contributed by atoms with E-state index < -0.39 is 0 Å². The molecule has 0 spiro atoms. The van der Waals surface area contributed by atoms with Crippen molar-refractivity contribution in [1.29, 1.82) is 0 Å². The maximum Gasteiger partial charge on any atom is 0.0828 e. The molecule has 66 valence electrons. The van der Waals surface area contributed by atoms with Crippen molar-refractivity contribution in [3.63, 3.8) is 0 Å². The SMILES string of the molecule is CCCCC1CCNC(Cl)C1. The monoisotopic (exact) mass is 175 g/mol. The average Bonchev–Trinajstić information content (AvgIpc) is 2.01. The van der Waals surface area contributed by atoms with Crippen LogP contribution in [0.3, 0.4) is 0 Å². The van der Waals surface area contributed by atoms with E-state index in [0.29, 0.717) is 0 Å². The summed E-state index contributed by atoms with van der Waals surface area (Å²) in [4.78, 5) is 0. The Bertz CT molecular complexity index is 106. The summed E-state index contributed by atoms with van der Waals surface area (Å²) >= 11 is 5.98. The zero-order valence-corrected chi connectivity index (χ0v) is 8.03. The third-order valence-corrected chi connectivity index (χ3v) is 2.76. The van der Waals surface area contributed by atoms with E-state index >= 15 is 0 Å². The highest BCUT2D eigenvalue weighted by Crippen LogP contribution is 2.23. The van der Waals surface area contributed by atoms with E-state index in [1.807, 2.05) is 0 Å². The van der Waals surface area contributed by atoms with Gasteiger partial charge in [0.05, 0.1) is 5.50 Å². The Balaban J connectivity index is 2.12. The van der Waals surface area contributed by atoms with Crippen molar-refractivity contribution in [2.75, 3.05) is 6.54 Å². The fourth-order valence-corrected chi connectivity index (χ4v) is 2.05.